The number of carbonyl (C=O) groups excluding carboxylic acids is 2. The third kappa shape index (κ3) is 3.91. The minimum atomic E-state index is -0.883. The van der Waals surface area contributed by atoms with Gasteiger partial charge in [-0.1, -0.05) is 19.8 Å². The Bertz CT molecular complexity index is 1010. The highest BCUT2D eigenvalue weighted by atomic mass is 16.5. The second-order valence-corrected chi connectivity index (χ2v) is 8.24. The second kappa shape index (κ2) is 7.97. The largest absolute Gasteiger partial charge is 0.449 e. The van der Waals surface area contributed by atoms with Gasteiger partial charge in [0.1, 0.15) is 5.82 Å². The molecule has 0 spiro atoms. The molecule has 1 aromatic heterocycles. The summed E-state index contributed by atoms with van der Waals surface area (Å²) in [6.45, 7) is 4.41. The van der Waals surface area contributed by atoms with Crippen molar-refractivity contribution in [3.05, 3.63) is 39.9 Å². The van der Waals surface area contributed by atoms with E-state index >= 15 is 0 Å². The molecule has 1 aromatic carbocycles. The normalized spacial score (nSPS) is 22.1. The molecular formula is C22H27N3O4. The van der Waals surface area contributed by atoms with E-state index in [1.807, 2.05) is 0 Å². The molecule has 7 nitrogen and oxygen atoms in total. The summed E-state index contributed by atoms with van der Waals surface area (Å²) in [5.41, 5.74) is 0.709. The van der Waals surface area contributed by atoms with Crippen LogP contribution in [-0.2, 0) is 22.5 Å². The molecule has 4 rings (SSSR count). The van der Waals surface area contributed by atoms with Crippen molar-refractivity contribution < 1.29 is 14.3 Å². The van der Waals surface area contributed by atoms with Crippen molar-refractivity contribution in [3.8, 4) is 0 Å². The van der Waals surface area contributed by atoms with Crippen LogP contribution in [-0.4, -0.2) is 33.6 Å². The van der Waals surface area contributed by atoms with Crippen molar-refractivity contribution in [2.75, 3.05) is 0 Å². The van der Waals surface area contributed by atoms with Gasteiger partial charge in [-0.2, -0.15) is 0 Å². The molecule has 7 heteroatoms. The average Bonchev–Trinajstić information content (AvgIpc) is 3.18. The lowest BCUT2D eigenvalue weighted by Crippen LogP contribution is -2.45. The highest BCUT2D eigenvalue weighted by Crippen LogP contribution is 2.24. The molecule has 1 aliphatic carbocycles. The minimum Gasteiger partial charge on any atom is -0.449 e. The Morgan fingerprint density at radius 3 is 2.83 bits per heavy atom. The van der Waals surface area contributed by atoms with Crippen molar-refractivity contribution in [2.24, 2.45) is 5.92 Å². The predicted octanol–water partition coefficient (Wildman–Crippen LogP) is 2.58. The summed E-state index contributed by atoms with van der Waals surface area (Å²) in [7, 11) is 0. The first kappa shape index (κ1) is 19.6. The fourth-order valence-corrected chi connectivity index (χ4v) is 4.32. The van der Waals surface area contributed by atoms with E-state index in [0.717, 1.165) is 37.9 Å². The smallest absolute Gasteiger partial charge is 0.338 e. The maximum Gasteiger partial charge on any atom is 0.338 e. The van der Waals surface area contributed by atoms with Crippen LogP contribution in [0, 0.1) is 5.92 Å². The first-order chi connectivity index (χ1) is 13.9. The van der Waals surface area contributed by atoms with Gasteiger partial charge in [-0.05, 0) is 50.3 Å². The van der Waals surface area contributed by atoms with Gasteiger partial charge < -0.3 is 10.1 Å². The highest BCUT2D eigenvalue weighted by molar-refractivity contribution is 5.95. The third-order valence-electron chi connectivity index (χ3n) is 6.14. The van der Waals surface area contributed by atoms with Gasteiger partial charge in [-0.15, -0.1) is 0 Å². The summed E-state index contributed by atoms with van der Waals surface area (Å²) < 4.78 is 7.08. The Labute approximate surface area is 169 Å². The molecule has 2 aromatic rings. The maximum absolute atomic E-state index is 12.6. The third-order valence-corrected chi connectivity index (χ3v) is 6.14. The molecule has 3 atom stereocenters. The number of hydrogen-bond acceptors (Lipinski definition) is 5. The molecule has 154 valence electrons. The van der Waals surface area contributed by atoms with E-state index in [1.54, 1.807) is 29.7 Å². The van der Waals surface area contributed by atoms with E-state index in [0.29, 0.717) is 23.4 Å². The Hall–Kier alpha value is -2.70. The zero-order valence-corrected chi connectivity index (χ0v) is 16.9. The van der Waals surface area contributed by atoms with E-state index < -0.39 is 12.1 Å². The fourth-order valence-electron chi connectivity index (χ4n) is 4.32. The van der Waals surface area contributed by atoms with Gasteiger partial charge in [0.2, 0.25) is 0 Å². The van der Waals surface area contributed by atoms with Crippen LogP contribution in [0.15, 0.2) is 23.0 Å². The number of fused-ring (bicyclic) bond motifs is 2. The summed E-state index contributed by atoms with van der Waals surface area (Å²) in [6, 6.07) is 4.88. The molecule has 2 heterocycles. The number of esters is 1. The van der Waals surface area contributed by atoms with Crippen LogP contribution < -0.4 is 10.9 Å². The Morgan fingerprint density at radius 1 is 1.24 bits per heavy atom. The van der Waals surface area contributed by atoms with Crippen LogP contribution in [0.5, 0.6) is 0 Å². The van der Waals surface area contributed by atoms with Crippen LogP contribution in [0.2, 0.25) is 0 Å². The average molecular weight is 397 g/mol. The van der Waals surface area contributed by atoms with Crippen molar-refractivity contribution in [1.82, 2.24) is 14.9 Å². The molecule has 1 aliphatic heterocycles. The Balaban J connectivity index is 1.46. The van der Waals surface area contributed by atoms with Crippen LogP contribution in [0.3, 0.4) is 0 Å². The van der Waals surface area contributed by atoms with E-state index in [9.17, 15) is 14.4 Å². The lowest BCUT2D eigenvalue weighted by Gasteiger charge is -2.30. The molecule has 29 heavy (non-hydrogen) atoms. The van der Waals surface area contributed by atoms with Gasteiger partial charge in [0, 0.05) is 19.0 Å². The van der Waals surface area contributed by atoms with Crippen molar-refractivity contribution >= 4 is 22.8 Å². The number of benzene rings is 1. The fraction of sp³-hybridized carbons (Fsp3) is 0.545. The summed E-state index contributed by atoms with van der Waals surface area (Å²) in [5, 5.41) is 3.51. The summed E-state index contributed by atoms with van der Waals surface area (Å²) >= 11 is 0. The first-order valence-corrected chi connectivity index (χ1v) is 10.5. The molecular weight excluding hydrogens is 370 g/mol. The lowest BCUT2D eigenvalue weighted by molar-refractivity contribution is -0.130. The van der Waals surface area contributed by atoms with Gasteiger partial charge in [0.15, 0.2) is 6.10 Å². The molecule has 0 saturated heterocycles. The van der Waals surface area contributed by atoms with Gasteiger partial charge >= 0.3 is 5.97 Å². The number of carbonyl (C=O) groups is 2. The predicted molar refractivity (Wildman–Crippen MR) is 109 cm³/mol. The number of aromatic nitrogens is 2. The first-order valence-electron chi connectivity index (χ1n) is 10.5. The number of ether oxygens (including phenoxy) is 1. The summed E-state index contributed by atoms with van der Waals surface area (Å²) in [6.07, 6.45) is 5.15. The number of hydrogen-bond donors (Lipinski definition) is 1. The second-order valence-electron chi connectivity index (χ2n) is 8.24. The van der Waals surface area contributed by atoms with Gasteiger partial charge in [0.05, 0.1) is 16.5 Å². The van der Waals surface area contributed by atoms with Crippen LogP contribution in [0.25, 0.3) is 10.9 Å². The number of aryl methyl sites for hydroxylation is 1. The Morgan fingerprint density at radius 2 is 2.03 bits per heavy atom. The lowest BCUT2D eigenvalue weighted by atomic mass is 9.86. The van der Waals surface area contributed by atoms with E-state index in [2.05, 4.69) is 17.2 Å². The molecule has 2 aliphatic rings. The molecule has 0 bridgehead atoms. The zero-order valence-electron chi connectivity index (χ0n) is 16.9. The van der Waals surface area contributed by atoms with Gasteiger partial charge in [-0.25, -0.2) is 9.78 Å². The minimum absolute atomic E-state index is 0.0724. The van der Waals surface area contributed by atoms with Gasteiger partial charge in [-0.3, -0.25) is 14.2 Å². The maximum atomic E-state index is 12.6. The van der Waals surface area contributed by atoms with Crippen molar-refractivity contribution in [1.29, 1.82) is 0 Å². The van der Waals surface area contributed by atoms with Crippen molar-refractivity contribution in [2.45, 2.75) is 71.1 Å². The molecule has 1 saturated carbocycles. The number of nitrogens with zero attached hydrogens (tertiary/aromatic N) is 2. The van der Waals surface area contributed by atoms with E-state index in [4.69, 9.17) is 4.74 Å². The summed E-state index contributed by atoms with van der Waals surface area (Å²) in [4.78, 5) is 42.1. The SMILES string of the molecule is C[C@H](OC(=O)c1ccc2c(=O)n3c(nc2c1)CCC3)C(=O)N[C@H]1CCCC[C@H]1C. The van der Waals surface area contributed by atoms with E-state index in [-0.39, 0.29) is 23.1 Å². The molecule has 1 fully saturated rings. The topological polar surface area (TPSA) is 90.3 Å². The molecule has 1 N–H and O–H groups in total. The number of rotatable bonds is 4. The quantitative estimate of drug-likeness (QED) is 0.801. The molecule has 0 radical (unpaired) electrons. The highest BCUT2D eigenvalue weighted by Gasteiger charge is 2.27. The van der Waals surface area contributed by atoms with Gasteiger partial charge in [0.25, 0.3) is 11.5 Å². The standard InChI is InChI=1S/C22H27N3O4/c1-13-6-3-4-7-17(13)24-20(26)14(2)29-22(28)15-9-10-16-18(12-15)23-19-8-5-11-25(19)21(16)27/h9-10,12-14,17H,3-8,11H2,1-2H3,(H,24,26)/t13-,14+,17+/m1/s1. The number of nitrogens with one attached hydrogen (secondary N) is 1. The monoisotopic (exact) mass is 397 g/mol. The van der Waals surface area contributed by atoms with Crippen LogP contribution in [0.4, 0.5) is 0 Å². The number of amides is 1. The Kier molecular flexibility index (Phi) is 5.39. The van der Waals surface area contributed by atoms with Crippen LogP contribution >= 0.6 is 0 Å². The zero-order chi connectivity index (χ0) is 20.5. The van der Waals surface area contributed by atoms with Crippen molar-refractivity contribution in [3.63, 3.8) is 0 Å². The van der Waals surface area contributed by atoms with E-state index in [1.165, 1.54) is 6.42 Å². The summed E-state index contributed by atoms with van der Waals surface area (Å²) in [5.74, 6) is 0.325. The molecule has 0 unspecified atom stereocenters. The van der Waals surface area contributed by atoms with Crippen LogP contribution in [0.1, 0.15) is 62.1 Å². The molecule has 1 amide bonds.